The predicted molar refractivity (Wildman–Crippen MR) is 74.5 cm³/mol. The lowest BCUT2D eigenvalue weighted by molar-refractivity contribution is 0.296. The molecule has 1 aliphatic rings. The molecule has 0 aliphatic heterocycles. The predicted octanol–water partition coefficient (Wildman–Crippen LogP) is 1.96. The number of nitrogens with one attached hydrogen (secondary N) is 1. The number of rotatable bonds is 6. The van der Waals surface area contributed by atoms with E-state index in [2.05, 4.69) is 29.6 Å². The fourth-order valence-corrected chi connectivity index (χ4v) is 3.06. The first-order chi connectivity index (χ1) is 8.61. The third-order valence-electron chi connectivity index (χ3n) is 3.69. The van der Waals surface area contributed by atoms with Gasteiger partial charge in [0.25, 0.3) is 0 Å². The van der Waals surface area contributed by atoms with E-state index >= 15 is 0 Å². The van der Waals surface area contributed by atoms with Crippen molar-refractivity contribution in [3.8, 4) is 0 Å². The maximum atomic E-state index is 11.3. The van der Waals surface area contributed by atoms with Crippen molar-refractivity contribution in [3.63, 3.8) is 0 Å². The molecule has 0 aromatic heterocycles. The summed E-state index contributed by atoms with van der Waals surface area (Å²) in [5, 5.41) is 3.33. The number of benzene rings is 1. The highest BCUT2D eigenvalue weighted by Crippen LogP contribution is 2.36. The summed E-state index contributed by atoms with van der Waals surface area (Å²) in [4.78, 5) is 0. The van der Waals surface area contributed by atoms with Gasteiger partial charge in [0.1, 0.15) is 0 Å². The molecule has 0 radical (unpaired) electrons. The first-order valence-electron chi connectivity index (χ1n) is 6.59. The van der Waals surface area contributed by atoms with Crippen molar-refractivity contribution in [1.82, 2.24) is 5.32 Å². The van der Waals surface area contributed by atoms with Crippen molar-refractivity contribution < 1.29 is 8.42 Å². The van der Waals surface area contributed by atoms with Gasteiger partial charge in [0.05, 0.1) is 5.75 Å². The topological polar surface area (TPSA) is 46.2 Å². The van der Waals surface area contributed by atoms with E-state index in [1.165, 1.54) is 5.56 Å². The zero-order chi connectivity index (χ0) is 13.0. The standard InChI is InChI=1S/C14H21NO2S/c1-2-18(16,17)9-8-15-14-10-13(11-14)12-6-4-3-5-7-12/h3-7,13-15H,2,8-11H2,1H3. The van der Waals surface area contributed by atoms with Gasteiger partial charge in [-0.1, -0.05) is 37.3 Å². The number of hydrogen-bond donors (Lipinski definition) is 1. The molecule has 0 unspecified atom stereocenters. The summed E-state index contributed by atoms with van der Waals surface area (Å²) in [7, 11) is -2.83. The van der Waals surface area contributed by atoms with Crippen LogP contribution < -0.4 is 5.32 Å². The Morgan fingerprint density at radius 3 is 2.50 bits per heavy atom. The molecular formula is C14H21NO2S. The Morgan fingerprint density at radius 2 is 1.89 bits per heavy atom. The van der Waals surface area contributed by atoms with Gasteiger partial charge in [-0.25, -0.2) is 8.42 Å². The summed E-state index contributed by atoms with van der Waals surface area (Å²) in [5.74, 6) is 1.15. The number of hydrogen-bond acceptors (Lipinski definition) is 3. The minimum Gasteiger partial charge on any atom is -0.313 e. The van der Waals surface area contributed by atoms with E-state index in [1.807, 2.05) is 6.07 Å². The second kappa shape index (κ2) is 5.85. The summed E-state index contributed by atoms with van der Waals surface area (Å²) in [6.45, 7) is 2.28. The first kappa shape index (κ1) is 13.6. The minimum absolute atomic E-state index is 0.242. The maximum Gasteiger partial charge on any atom is 0.151 e. The van der Waals surface area contributed by atoms with Crippen LogP contribution in [0.25, 0.3) is 0 Å². The quantitative estimate of drug-likeness (QED) is 0.857. The van der Waals surface area contributed by atoms with Crippen LogP contribution in [0.15, 0.2) is 30.3 Å². The van der Waals surface area contributed by atoms with Crippen LogP contribution >= 0.6 is 0 Å². The third-order valence-corrected chi connectivity index (χ3v) is 5.40. The van der Waals surface area contributed by atoms with Crippen molar-refractivity contribution in [2.75, 3.05) is 18.1 Å². The monoisotopic (exact) mass is 267 g/mol. The molecule has 2 rings (SSSR count). The van der Waals surface area contributed by atoms with Gasteiger partial charge in [-0.3, -0.25) is 0 Å². The molecule has 3 nitrogen and oxygen atoms in total. The van der Waals surface area contributed by atoms with Crippen molar-refractivity contribution in [1.29, 1.82) is 0 Å². The van der Waals surface area contributed by atoms with E-state index < -0.39 is 9.84 Å². The van der Waals surface area contributed by atoms with Crippen LogP contribution in [0.2, 0.25) is 0 Å². The Morgan fingerprint density at radius 1 is 1.22 bits per heavy atom. The van der Waals surface area contributed by atoms with Crippen LogP contribution in [0, 0.1) is 0 Å². The molecule has 0 amide bonds. The van der Waals surface area contributed by atoms with Crippen LogP contribution in [0.4, 0.5) is 0 Å². The summed E-state index contributed by atoms with van der Waals surface area (Å²) in [6, 6.07) is 11.0. The molecule has 1 N–H and O–H groups in total. The molecule has 18 heavy (non-hydrogen) atoms. The van der Waals surface area contributed by atoms with Crippen LogP contribution in [-0.4, -0.2) is 32.5 Å². The lowest BCUT2D eigenvalue weighted by Crippen LogP contribution is -2.42. The fraction of sp³-hybridized carbons (Fsp3) is 0.571. The maximum absolute atomic E-state index is 11.3. The smallest absolute Gasteiger partial charge is 0.151 e. The highest BCUT2D eigenvalue weighted by molar-refractivity contribution is 7.91. The largest absolute Gasteiger partial charge is 0.313 e. The highest BCUT2D eigenvalue weighted by atomic mass is 32.2. The van der Waals surface area contributed by atoms with Crippen molar-refractivity contribution in [2.45, 2.75) is 31.7 Å². The van der Waals surface area contributed by atoms with E-state index in [4.69, 9.17) is 0 Å². The van der Waals surface area contributed by atoms with Gasteiger partial charge in [0.2, 0.25) is 0 Å². The average molecular weight is 267 g/mol. The molecule has 0 bridgehead atoms. The van der Waals surface area contributed by atoms with Crippen molar-refractivity contribution in [2.24, 2.45) is 0 Å². The van der Waals surface area contributed by atoms with Crippen molar-refractivity contribution >= 4 is 9.84 Å². The van der Waals surface area contributed by atoms with E-state index in [0.29, 0.717) is 18.5 Å². The molecule has 100 valence electrons. The lowest BCUT2D eigenvalue weighted by atomic mass is 9.76. The molecule has 0 spiro atoms. The van der Waals surface area contributed by atoms with E-state index in [1.54, 1.807) is 6.92 Å². The van der Waals surface area contributed by atoms with Gasteiger partial charge < -0.3 is 5.32 Å². The van der Waals surface area contributed by atoms with Crippen LogP contribution in [0.5, 0.6) is 0 Å². The van der Waals surface area contributed by atoms with Gasteiger partial charge in [-0.05, 0) is 24.3 Å². The SMILES string of the molecule is CCS(=O)(=O)CCNC1CC(c2ccccc2)C1. The molecule has 1 aromatic rings. The van der Waals surface area contributed by atoms with Crippen LogP contribution in [-0.2, 0) is 9.84 Å². The summed E-state index contributed by atoms with van der Waals surface area (Å²) < 4.78 is 22.7. The van der Waals surface area contributed by atoms with E-state index in [9.17, 15) is 8.42 Å². The van der Waals surface area contributed by atoms with E-state index in [0.717, 1.165) is 12.8 Å². The fourth-order valence-electron chi connectivity index (χ4n) is 2.34. The minimum atomic E-state index is -2.83. The average Bonchev–Trinajstić information content (AvgIpc) is 2.33. The van der Waals surface area contributed by atoms with Gasteiger partial charge in [-0.15, -0.1) is 0 Å². The molecule has 0 atom stereocenters. The Balaban J connectivity index is 1.68. The molecule has 1 aromatic carbocycles. The summed E-state index contributed by atoms with van der Waals surface area (Å²) in [5.41, 5.74) is 1.40. The van der Waals surface area contributed by atoms with Gasteiger partial charge in [-0.2, -0.15) is 0 Å². The third kappa shape index (κ3) is 3.56. The molecule has 0 saturated heterocycles. The van der Waals surface area contributed by atoms with Crippen molar-refractivity contribution in [3.05, 3.63) is 35.9 Å². The molecule has 4 heteroatoms. The normalized spacial score (nSPS) is 23.6. The highest BCUT2D eigenvalue weighted by Gasteiger charge is 2.29. The zero-order valence-corrected chi connectivity index (χ0v) is 11.6. The Bertz CT molecular complexity index is 464. The summed E-state index contributed by atoms with van der Waals surface area (Å²) >= 11 is 0. The molecule has 1 fully saturated rings. The van der Waals surface area contributed by atoms with Gasteiger partial charge in [0.15, 0.2) is 9.84 Å². The first-order valence-corrected chi connectivity index (χ1v) is 8.41. The Labute approximate surface area is 110 Å². The lowest BCUT2D eigenvalue weighted by Gasteiger charge is -2.36. The Kier molecular flexibility index (Phi) is 4.40. The van der Waals surface area contributed by atoms with Crippen LogP contribution in [0.3, 0.4) is 0 Å². The molecule has 1 saturated carbocycles. The molecular weight excluding hydrogens is 246 g/mol. The van der Waals surface area contributed by atoms with E-state index in [-0.39, 0.29) is 11.5 Å². The summed E-state index contributed by atoms with van der Waals surface area (Å²) in [6.07, 6.45) is 2.24. The number of sulfone groups is 1. The van der Waals surface area contributed by atoms with Gasteiger partial charge in [0, 0.05) is 18.3 Å². The van der Waals surface area contributed by atoms with Crippen LogP contribution in [0.1, 0.15) is 31.2 Å². The molecule has 1 aliphatic carbocycles. The second-order valence-corrected chi connectivity index (χ2v) is 7.44. The second-order valence-electron chi connectivity index (χ2n) is 4.97. The zero-order valence-electron chi connectivity index (χ0n) is 10.8. The Hall–Kier alpha value is -0.870. The van der Waals surface area contributed by atoms with Gasteiger partial charge >= 0.3 is 0 Å². The molecule has 0 heterocycles.